The number of thioether (sulfide) groups is 1. The van der Waals surface area contributed by atoms with Crippen molar-refractivity contribution >= 4 is 43.7 Å². The van der Waals surface area contributed by atoms with Crippen molar-refractivity contribution < 1.29 is 57.5 Å². The molecule has 0 spiro atoms. The van der Waals surface area contributed by atoms with E-state index in [1.165, 1.54) is 32.8 Å². The molecule has 0 aliphatic heterocycles. The molecule has 0 aromatic rings. The summed E-state index contributed by atoms with van der Waals surface area (Å²) in [5, 5.41) is 9.82. The van der Waals surface area contributed by atoms with Gasteiger partial charge in [0.25, 0.3) is 0 Å². The van der Waals surface area contributed by atoms with Gasteiger partial charge in [-0.1, -0.05) is 0 Å². The lowest BCUT2D eigenvalue weighted by Gasteiger charge is -2.20. The minimum absolute atomic E-state index is 0.00525. The smallest absolute Gasteiger partial charge is 0.407 e. The molecule has 0 aliphatic carbocycles. The molecule has 0 radical (unpaired) electrons. The molecule has 16 nitrogen and oxygen atoms in total. The van der Waals surface area contributed by atoms with Crippen LogP contribution in [-0.2, 0) is 33.3 Å². The minimum Gasteiger partial charge on any atom is -0.446 e. The molecule has 2 unspecified atom stereocenters. The molecule has 2 atom stereocenters. The molecular formula is C20H40N4O12PS+. The number of hydrogen-bond donors (Lipinski definition) is 7. The summed E-state index contributed by atoms with van der Waals surface area (Å²) in [5.41, 5.74) is 0. The lowest BCUT2D eigenvalue weighted by atomic mass is 10.3. The first-order valence-corrected chi connectivity index (χ1v) is 14.6. The van der Waals surface area contributed by atoms with Crippen LogP contribution in [0, 0.1) is 0 Å². The van der Waals surface area contributed by atoms with Crippen molar-refractivity contribution in [3.05, 3.63) is 0 Å². The van der Waals surface area contributed by atoms with Gasteiger partial charge in [0.2, 0.25) is 11.8 Å². The summed E-state index contributed by atoms with van der Waals surface area (Å²) in [5.74, 6) is -0.438. The zero-order valence-corrected chi connectivity index (χ0v) is 23.5. The van der Waals surface area contributed by atoms with Gasteiger partial charge in [-0.15, -0.1) is 0 Å². The maximum atomic E-state index is 12.5. The lowest BCUT2D eigenvalue weighted by molar-refractivity contribution is -0.127. The molecule has 0 heterocycles. The van der Waals surface area contributed by atoms with E-state index < -0.39 is 44.1 Å². The molecular weight excluding hydrogens is 551 g/mol. The Morgan fingerprint density at radius 2 is 1.42 bits per heavy atom. The van der Waals surface area contributed by atoms with Gasteiger partial charge in [0.15, 0.2) is 6.16 Å². The van der Waals surface area contributed by atoms with Crippen LogP contribution in [-0.4, -0.2) is 135 Å². The third-order valence-electron chi connectivity index (χ3n) is 4.19. The third kappa shape index (κ3) is 22.0. The van der Waals surface area contributed by atoms with Gasteiger partial charge >= 0.3 is 20.1 Å². The lowest BCUT2D eigenvalue weighted by Crippen LogP contribution is -2.48. The normalized spacial score (nSPS) is 12.7. The van der Waals surface area contributed by atoms with Crippen molar-refractivity contribution in [2.24, 2.45) is 0 Å². The van der Waals surface area contributed by atoms with Gasteiger partial charge in [-0.25, -0.2) is 9.59 Å². The van der Waals surface area contributed by atoms with E-state index in [-0.39, 0.29) is 70.5 Å². The SMILES string of the molecule is CNC(=O)OCC(CSCC(NC(C)=O)C(=O)NCCOCCOCCOCC[P+](O)(O)O)OC(=O)NC. The van der Waals surface area contributed by atoms with Crippen LogP contribution in [0.2, 0.25) is 0 Å². The number of amides is 4. The molecule has 4 amide bonds. The zero-order valence-electron chi connectivity index (χ0n) is 21.8. The fourth-order valence-electron chi connectivity index (χ4n) is 2.41. The second-order valence-electron chi connectivity index (χ2n) is 7.46. The summed E-state index contributed by atoms with van der Waals surface area (Å²) in [6.07, 6.45) is -2.39. The molecule has 0 rings (SSSR count). The molecule has 0 aliphatic rings. The zero-order chi connectivity index (χ0) is 28.8. The monoisotopic (exact) mass is 591 g/mol. The van der Waals surface area contributed by atoms with Crippen LogP contribution in [0.3, 0.4) is 0 Å². The van der Waals surface area contributed by atoms with Crippen LogP contribution in [0.5, 0.6) is 0 Å². The Morgan fingerprint density at radius 1 is 0.842 bits per heavy atom. The minimum atomic E-state index is -3.81. The van der Waals surface area contributed by atoms with E-state index in [0.717, 1.165) is 0 Å². The number of ether oxygens (including phenoxy) is 5. The van der Waals surface area contributed by atoms with Gasteiger partial charge < -0.3 is 45.0 Å². The van der Waals surface area contributed by atoms with E-state index in [1.54, 1.807) is 0 Å². The largest absolute Gasteiger partial charge is 0.446 e. The highest BCUT2D eigenvalue weighted by Crippen LogP contribution is 2.43. The Hall–Kier alpha value is -1.98. The van der Waals surface area contributed by atoms with Gasteiger partial charge in [0.1, 0.15) is 18.8 Å². The molecule has 0 saturated carbocycles. The first-order chi connectivity index (χ1) is 18.0. The van der Waals surface area contributed by atoms with E-state index in [0.29, 0.717) is 0 Å². The van der Waals surface area contributed by atoms with Crippen molar-refractivity contribution in [1.29, 1.82) is 0 Å². The number of nitrogens with one attached hydrogen (secondary N) is 4. The predicted octanol–water partition coefficient (Wildman–Crippen LogP) is -1.79. The molecule has 0 aromatic carbocycles. The van der Waals surface area contributed by atoms with Crippen LogP contribution in [0.15, 0.2) is 0 Å². The molecule has 0 bridgehead atoms. The average Bonchev–Trinajstić information content (AvgIpc) is 2.85. The molecule has 0 aromatic heterocycles. The van der Waals surface area contributed by atoms with Gasteiger partial charge in [-0.2, -0.15) is 26.4 Å². The van der Waals surface area contributed by atoms with Crippen molar-refractivity contribution in [1.82, 2.24) is 21.3 Å². The van der Waals surface area contributed by atoms with Crippen LogP contribution in [0.4, 0.5) is 9.59 Å². The van der Waals surface area contributed by atoms with E-state index >= 15 is 0 Å². The topological polar surface area (TPSA) is 223 Å². The summed E-state index contributed by atoms with van der Waals surface area (Å²) in [7, 11) is -1.03. The molecule has 38 heavy (non-hydrogen) atoms. The van der Waals surface area contributed by atoms with Crippen molar-refractivity contribution in [2.45, 2.75) is 19.1 Å². The predicted molar refractivity (Wildman–Crippen MR) is 139 cm³/mol. The molecule has 18 heteroatoms. The summed E-state index contributed by atoms with van der Waals surface area (Å²) in [4.78, 5) is 73.3. The Labute approximate surface area is 226 Å². The van der Waals surface area contributed by atoms with Crippen molar-refractivity contribution in [3.63, 3.8) is 0 Å². The standard InChI is InChI=1S/C20H39N4O12PS/c1-15(25)24-17(14-38-13-16(36-20(28)22-3)12-35-19(27)21-2)18(26)23-4-5-32-6-7-33-8-9-34-10-11-37(29,30)31/h16-17,29-31H,4-14H2,1-3H3,(H3-,21,22,23,24,25,26,27,28)/p+1. The van der Waals surface area contributed by atoms with E-state index in [1.807, 2.05) is 0 Å². The Morgan fingerprint density at radius 3 is 1.97 bits per heavy atom. The van der Waals surface area contributed by atoms with Gasteiger partial charge in [-0.05, 0) is 0 Å². The maximum absolute atomic E-state index is 12.5. The fraction of sp³-hybridized carbons (Fsp3) is 0.800. The van der Waals surface area contributed by atoms with E-state index in [4.69, 9.17) is 38.4 Å². The highest BCUT2D eigenvalue weighted by molar-refractivity contribution is 7.99. The first kappa shape index (κ1) is 36.0. The summed E-state index contributed by atoms with van der Waals surface area (Å²) >= 11 is 1.23. The number of hydrogen-bond acceptors (Lipinski definition) is 13. The second kappa shape index (κ2) is 21.9. The van der Waals surface area contributed by atoms with Crippen LogP contribution < -0.4 is 21.3 Å². The van der Waals surface area contributed by atoms with Crippen LogP contribution in [0.1, 0.15) is 6.92 Å². The molecule has 0 saturated heterocycles. The van der Waals surface area contributed by atoms with Gasteiger partial charge in [0.05, 0.1) is 39.6 Å². The highest BCUT2D eigenvalue weighted by Gasteiger charge is 2.28. The van der Waals surface area contributed by atoms with E-state index in [9.17, 15) is 19.2 Å². The van der Waals surface area contributed by atoms with Crippen LogP contribution in [0.25, 0.3) is 0 Å². The third-order valence-corrected chi connectivity index (χ3v) is 6.15. The molecule has 7 N–H and O–H groups in total. The summed E-state index contributed by atoms with van der Waals surface area (Å²) < 4.78 is 25.8. The summed E-state index contributed by atoms with van der Waals surface area (Å²) in [6, 6.07) is -0.851. The first-order valence-electron chi connectivity index (χ1n) is 11.6. The van der Waals surface area contributed by atoms with Crippen molar-refractivity contribution in [2.75, 3.05) is 84.6 Å². The Bertz CT molecular complexity index is 701. The number of alkyl carbamates (subject to hydrolysis) is 2. The Kier molecular flexibility index (Phi) is 20.8. The van der Waals surface area contributed by atoms with Crippen LogP contribution >= 0.6 is 19.7 Å². The summed E-state index contributed by atoms with van der Waals surface area (Å²) in [6.45, 7) is 2.53. The number of rotatable bonds is 21. The van der Waals surface area contributed by atoms with Gasteiger partial charge in [-0.3, -0.25) is 9.59 Å². The Balaban J connectivity index is 4.22. The van der Waals surface area contributed by atoms with Crippen molar-refractivity contribution in [3.8, 4) is 0 Å². The fourth-order valence-corrected chi connectivity index (χ4v) is 3.82. The highest BCUT2D eigenvalue weighted by atomic mass is 32.2. The quantitative estimate of drug-likeness (QED) is 0.0579. The average molecular weight is 592 g/mol. The second-order valence-corrected chi connectivity index (χ2v) is 10.4. The number of carbonyl (C=O) groups is 4. The molecule has 0 fully saturated rings. The maximum Gasteiger partial charge on any atom is 0.407 e. The van der Waals surface area contributed by atoms with Gasteiger partial charge in [0, 0.05) is 39.1 Å². The van der Waals surface area contributed by atoms with E-state index in [2.05, 4.69) is 21.3 Å². The molecule has 222 valence electrons. The number of carbonyl (C=O) groups excluding carboxylic acids is 4.